The van der Waals surface area contributed by atoms with Gasteiger partial charge < -0.3 is 20.1 Å². The van der Waals surface area contributed by atoms with Crippen molar-refractivity contribution in [2.75, 3.05) is 40.0 Å². The van der Waals surface area contributed by atoms with Gasteiger partial charge in [0.2, 0.25) is 0 Å². The van der Waals surface area contributed by atoms with Crippen molar-refractivity contribution < 1.29 is 22.6 Å². The van der Waals surface area contributed by atoms with E-state index >= 15 is 0 Å². The largest absolute Gasteiger partial charge is 0.434 e. The molecule has 0 spiro atoms. The Labute approximate surface area is 155 Å². The molecular weight excluding hydrogens is 369 g/mol. The summed E-state index contributed by atoms with van der Waals surface area (Å²) in [7, 11) is 1.65. The number of nitrogens with zero attached hydrogens (tertiary/aromatic N) is 2. The van der Waals surface area contributed by atoms with Crippen molar-refractivity contribution in [3.05, 3.63) is 16.1 Å². The third kappa shape index (κ3) is 7.46. The van der Waals surface area contributed by atoms with Gasteiger partial charge >= 0.3 is 6.18 Å². The van der Waals surface area contributed by atoms with Crippen LogP contribution in [-0.2, 0) is 22.1 Å². The van der Waals surface area contributed by atoms with Gasteiger partial charge in [-0.25, -0.2) is 4.98 Å². The highest BCUT2D eigenvalue weighted by atomic mass is 32.1. The molecule has 6 nitrogen and oxygen atoms in total. The lowest BCUT2D eigenvalue weighted by atomic mass is 10.2. The maximum atomic E-state index is 12.5. The van der Waals surface area contributed by atoms with Crippen LogP contribution in [0.4, 0.5) is 13.2 Å². The molecule has 2 rings (SSSR count). The van der Waals surface area contributed by atoms with Crippen molar-refractivity contribution in [2.24, 2.45) is 4.99 Å². The summed E-state index contributed by atoms with van der Waals surface area (Å²) in [5.41, 5.74) is -0.831. The summed E-state index contributed by atoms with van der Waals surface area (Å²) in [6.07, 6.45) is -0.734. The summed E-state index contributed by atoms with van der Waals surface area (Å²) in [5, 5.41) is 7.70. The summed E-state index contributed by atoms with van der Waals surface area (Å²) in [6.45, 7) is 3.26. The molecule has 0 bridgehead atoms. The van der Waals surface area contributed by atoms with E-state index in [9.17, 15) is 13.2 Å². The van der Waals surface area contributed by atoms with Crippen molar-refractivity contribution in [3.63, 3.8) is 0 Å². The normalized spacial score (nSPS) is 18.3. The highest BCUT2D eigenvalue weighted by Crippen LogP contribution is 2.29. The molecule has 10 heteroatoms. The summed E-state index contributed by atoms with van der Waals surface area (Å²) in [6, 6.07) is 0. The first-order valence-electron chi connectivity index (χ1n) is 8.64. The van der Waals surface area contributed by atoms with Gasteiger partial charge in [-0.15, -0.1) is 11.3 Å². The second-order valence-corrected chi connectivity index (χ2v) is 6.81. The van der Waals surface area contributed by atoms with E-state index in [0.717, 1.165) is 42.6 Å². The van der Waals surface area contributed by atoms with E-state index in [4.69, 9.17) is 9.47 Å². The van der Waals surface area contributed by atoms with Crippen LogP contribution in [0.5, 0.6) is 0 Å². The molecule has 148 valence electrons. The Morgan fingerprint density at radius 2 is 2.23 bits per heavy atom. The van der Waals surface area contributed by atoms with Crippen molar-refractivity contribution in [1.82, 2.24) is 15.6 Å². The molecule has 1 atom stereocenters. The summed E-state index contributed by atoms with van der Waals surface area (Å²) >= 11 is 1.01. The average molecular weight is 394 g/mol. The summed E-state index contributed by atoms with van der Waals surface area (Å²) in [4.78, 5) is 7.68. The van der Waals surface area contributed by atoms with Crippen LogP contribution in [0, 0.1) is 0 Å². The second-order valence-electron chi connectivity index (χ2n) is 5.86. The van der Waals surface area contributed by atoms with Gasteiger partial charge in [0, 0.05) is 45.2 Å². The topological polar surface area (TPSA) is 67.8 Å². The lowest BCUT2D eigenvalue weighted by molar-refractivity contribution is -0.140. The predicted octanol–water partition coefficient (Wildman–Crippen LogP) is 2.46. The molecule has 0 aromatic carbocycles. The molecule has 1 aromatic heterocycles. The van der Waals surface area contributed by atoms with Crippen LogP contribution in [0.15, 0.2) is 10.4 Å². The third-order valence-corrected chi connectivity index (χ3v) is 4.69. The van der Waals surface area contributed by atoms with Crippen LogP contribution in [0.1, 0.15) is 30.0 Å². The van der Waals surface area contributed by atoms with E-state index in [2.05, 4.69) is 20.6 Å². The fourth-order valence-corrected chi connectivity index (χ4v) is 3.24. The minimum Gasteiger partial charge on any atom is -0.379 e. The lowest BCUT2D eigenvalue weighted by Gasteiger charge is -2.12. The molecule has 0 radical (unpaired) electrons. The maximum Gasteiger partial charge on any atom is 0.434 e. The first-order valence-corrected chi connectivity index (χ1v) is 9.52. The smallest absolute Gasteiger partial charge is 0.379 e. The van der Waals surface area contributed by atoms with Crippen molar-refractivity contribution in [3.8, 4) is 0 Å². The number of halogens is 3. The highest BCUT2D eigenvalue weighted by Gasteiger charge is 2.33. The van der Waals surface area contributed by atoms with Crippen LogP contribution in [0.2, 0.25) is 0 Å². The molecule has 0 amide bonds. The lowest BCUT2D eigenvalue weighted by Crippen LogP contribution is -2.39. The molecule has 2 N–H and O–H groups in total. The van der Waals surface area contributed by atoms with E-state index < -0.39 is 11.9 Å². The Balaban J connectivity index is 1.54. The van der Waals surface area contributed by atoms with Gasteiger partial charge in [0.05, 0.1) is 17.7 Å². The molecule has 1 saturated heterocycles. The number of hydrogen-bond acceptors (Lipinski definition) is 5. The van der Waals surface area contributed by atoms with E-state index in [0.29, 0.717) is 43.7 Å². The van der Waals surface area contributed by atoms with Crippen LogP contribution < -0.4 is 10.6 Å². The van der Waals surface area contributed by atoms with Crippen LogP contribution in [0.25, 0.3) is 0 Å². The van der Waals surface area contributed by atoms with Gasteiger partial charge in [-0.05, 0) is 19.3 Å². The molecule has 2 heterocycles. The van der Waals surface area contributed by atoms with E-state index in [1.807, 2.05) is 0 Å². The molecule has 1 aliphatic rings. The Hall–Kier alpha value is -1.39. The molecule has 1 fully saturated rings. The molecule has 26 heavy (non-hydrogen) atoms. The summed E-state index contributed by atoms with van der Waals surface area (Å²) < 4.78 is 48.6. The highest BCUT2D eigenvalue weighted by molar-refractivity contribution is 7.09. The molecular formula is C16H25F3N4O2S. The van der Waals surface area contributed by atoms with Gasteiger partial charge in [0.25, 0.3) is 0 Å². The SMILES string of the molecule is CN=C(NCCCOCC1CCCO1)NCCc1nc(C(F)(F)F)cs1. The fraction of sp³-hybridized carbons (Fsp3) is 0.750. The molecule has 1 aliphatic heterocycles. The number of ether oxygens (including phenoxy) is 2. The van der Waals surface area contributed by atoms with Crippen LogP contribution in [-0.4, -0.2) is 57.0 Å². The van der Waals surface area contributed by atoms with Gasteiger partial charge in [-0.3, -0.25) is 4.99 Å². The quantitative estimate of drug-likeness (QED) is 0.383. The van der Waals surface area contributed by atoms with Crippen molar-refractivity contribution in [2.45, 2.75) is 38.0 Å². The zero-order chi connectivity index (χ0) is 18.8. The third-order valence-electron chi connectivity index (χ3n) is 3.78. The molecule has 1 unspecified atom stereocenters. The average Bonchev–Trinajstić information content (AvgIpc) is 3.27. The molecule has 0 aliphatic carbocycles. The number of aliphatic imine (C=N–C) groups is 1. The van der Waals surface area contributed by atoms with E-state index in [-0.39, 0.29) is 6.10 Å². The van der Waals surface area contributed by atoms with Gasteiger partial charge in [0.15, 0.2) is 11.7 Å². The Morgan fingerprint density at radius 3 is 2.88 bits per heavy atom. The number of nitrogens with one attached hydrogen (secondary N) is 2. The van der Waals surface area contributed by atoms with Crippen molar-refractivity contribution in [1.29, 1.82) is 0 Å². The van der Waals surface area contributed by atoms with Gasteiger partial charge in [0.1, 0.15) is 0 Å². The minimum absolute atomic E-state index is 0.237. The van der Waals surface area contributed by atoms with Crippen LogP contribution >= 0.6 is 11.3 Å². The van der Waals surface area contributed by atoms with Crippen molar-refractivity contribution >= 4 is 17.3 Å². The number of hydrogen-bond donors (Lipinski definition) is 2. The number of rotatable bonds is 9. The summed E-state index contributed by atoms with van der Waals surface area (Å²) in [5.74, 6) is 0.608. The fourth-order valence-electron chi connectivity index (χ4n) is 2.44. The van der Waals surface area contributed by atoms with Gasteiger partial charge in [-0.1, -0.05) is 0 Å². The van der Waals surface area contributed by atoms with Gasteiger partial charge in [-0.2, -0.15) is 13.2 Å². The zero-order valence-electron chi connectivity index (χ0n) is 14.8. The second kappa shape index (κ2) is 10.7. The molecule has 0 saturated carbocycles. The minimum atomic E-state index is -4.38. The Kier molecular flexibility index (Phi) is 8.60. The zero-order valence-corrected chi connectivity index (χ0v) is 15.6. The van der Waals surface area contributed by atoms with E-state index in [1.165, 1.54) is 0 Å². The monoisotopic (exact) mass is 394 g/mol. The Bertz CT molecular complexity index is 560. The number of alkyl halides is 3. The number of guanidine groups is 1. The maximum absolute atomic E-state index is 12.5. The first kappa shape index (κ1) is 20.9. The number of aromatic nitrogens is 1. The predicted molar refractivity (Wildman–Crippen MR) is 94.6 cm³/mol. The molecule has 1 aromatic rings. The van der Waals surface area contributed by atoms with E-state index in [1.54, 1.807) is 7.05 Å². The standard InChI is InChI=1S/C16H25F3N4O2S/c1-20-15(21-6-3-8-24-10-12-4-2-9-25-12)22-7-5-14-23-13(11-26-14)16(17,18)19/h11-12H,2-10H2,1H3,(H2,20,21,22). The van der Waals surface area contributed by atoms with Crippen LogP contribution in [0.3, 0.4) is 0 Å². The number of thiazole rings is 1. The first-order chi connectivity index (χ1) is 12.5. The Morgan fingerprint density at radius 1 is 1.42 bits per heavy atom.